The Bertz CT molecular complexity index is 1050. The van der Waals surface area contributed by atoms with Crippen molar-refractivity contribution in [1.82, 2.24) is 10.1 Å². The lowest BCUT2D eigenvalue weighted by molar-refractivity contribution is 0.0536. The number of hydrogen-bond donors (Lipinski definition) is 2. The van der Waals surface area contributed by atoms with Crippen LogP contribution in [0.25, 0.3) is 22.2 Å². The Labute approximate surface area is 173 Å². The second-order valence-electron chi connectivity index (χ2n) is 8.58. The van der Waals surface area contributed by atoms with Crippen LogP contribution in [-0.2, 0) is 6.42 Å². The van der Waals surface area contributed by atoms with E-state index < -0.39 is 6.10 Å². The molecule has 0 spiro atoms. The van der Waals surface area contributed by atoms with Crippen LogP contribution < -0.4 is 4.74 Å². The zero-order valence-electron chi connectivity index (χ0n) is 16.7. The highest BCUT2D eigenvalue weighted by atomic mass is 32.1. The summed E-state index contributed by atoms with van der Waals surface area (Å²) >= 11 is 1.76. The molecule has 2 aliphatic rings. The molecular formula is C22H24N2O4S. The highest BCUT2D eigenvalue weighted by Crippen LogP contribution is 2.72. The van der Waals surface area contributed by atoms with Crippen molar-refractivity contribution in [2.75, 3.05) is 13.2 Å². The lowest BCUT2D eigenvalue weighted by Gasteiger charge is -2.09. The van der Waals surface area contributed by atoms with Gasteiger partial charge in [-0.05, 0) is 66.0 Å². The number of aliphatic hydroxyl groups is 2. The second kappa shape index (κ2) is 6.65. The van der Waals surface area contributed by atoms with Gasteiger partial charge in [0.05, 0.1) is 11.5 Å². The fraction of sp³-hybridized carbons (Fsp3) is 0.455. The molecule has 1 saturated carbocycles. The number of rotatable bonds is 6. The molecule has 3 atom stereocenters. The molecule has 0 saturated heterocycles. The molecule has 7 heteroatoms. The first-order valence-corrected chi connectivity index (χ1v) is 10.7. The first-order chi connectivity index (χ1) is 13.9. The molecule has 3 aromatic rings. The van der Waals surface area contributed by atoms with E-state index in [2.05, 4.69) is 30.9 Å². The van der Waals surface area contributed by atoms with Crippen molar-refractivity contribution in [3.05, 3.63) is 40.3 Å². The molecule has 2 aliphatic carbocycles. The van der Waals surface area contributed by atoms with Gasteiger partial charge in [0.2, 0.25) is 5.82 Å². The van der Waals surface area contributed by atoms with Crippen molar-refractivity contribution < 1.29 is 19.5 Å². The standard InChI is InChI=1S/C22H24N2O4S/c1-11-17-15(8-16-18(17)22(16,2)3)19(29-11)21-23-20(24-28-21)12-4-6-14(7-5-12)27-10-13(26)9-25/h4-7,13,16,18,25-26H,8-10H2,1-3H3/t13-,16+,18+/m0/s1. The van der Waals surface area contributed by atoms with Crippen LogP contribution in [0.15, 0.2) is 28.8 Å². The van der Waals surface area contributed by atoms with E-state index in [-0.39, 0.29) is 13.2 Å². The molecule has 2 heterocycles. The zero-order chi connectivity index (χ0) is 20.3. The summed E-state index contributed by atoms with van der Waals surface area (Å²) in [4.78, 5) is 7.15. The van der Waals surface area contributed by atoms with Crippen molar-refractivity contribution in [3.8, 4) is 27.9 Å². The number of thiophene rings is 1. The van der Waals surface area contributed by atoms with Gasteiger partial charge in [-0.2, -0.15) is 4.98 Å². The summed E-state index contributed by atoms with van der Waals surface area (Å²) in [5.41, 5.74) is 4.19. The van der Waals surface area contributed by atoms with Gasteiger partial charge in [-0.1, -0.05) is 19.0 Å². The monoisotopic (exact) mass is 412 g/mol. The van der Waals surface area contributed by atoms with E-state index in [1.807, 2.05) is 12.1 Å². The zero-order valence-corrected chi connectivity index (χ0v) is 17.5. The molecule has 29 heavy (non-hydrogen) atoms. The number of ether oxygens (including phenoxy) is 1. The van der Waals surface area contributed by atoms with Gasteiger partial charge in [0.15, 0.2) is 0 Å². The molecule has 2 N–H and O–H groups in total. The largest absolute Gasteiger partial charge is 0.491 e. The van der Waals surface area contributed by atoms with Crippen LogP contribution in [0.1, 0.15) is 35.8 Å². The molecule has 6 nitrogen and oxygen atoms in total. The molecule has 152 valence electrons. The molecule has 0 unspecified atom stereocenters. The summed E-state index contributed by atoms with van der Waals surface area (Å²) in [5.74, 6) is 3.18. The molecule has 0 amide bonds. The van der Waals surface area contributed by atoms with Gasteiger partial charge >= 0.3 is 0 Å². The molecule has 2 aromatic heterocycles. The maximum absolute atomic E-state index is 9.37. The topological polar surface area (TPSA) is 88.6 Å². The van der Waals surface area contributed by atoms with Gasteiger partial charge in [0.1, 0.15) is 18.5 Å². The summed E-state index contributed by atoms with van der Waals surface area (Å²) < 4.78 is 11.1. The van der Waals surface area contributed by atoms with Crippen molar-refractivity contribution >= 4 is 11.3 Å². The predicted octanol–water partition coefficient (Wildman–Crippen LogP) is 3.80. The lowest BCUT2D eigenvalue weighted by atomic mass is 9.95. The number of aromatic nitrogens is 2. The minimum absolute atomic E-state index is 0.0455. The first-order valence-electron chi connectivity index (χ1n) is 9.88. The Hall–Kier alpha value is -2.22. The van der Waals surface area contributed by atoms with Crippen molar-refractivity contribution in [1.29, 1.82) is 0 Å². The molecule has 0 aliphatic heterocycles. The normalized spacial score (nSPS) is 22.2. The number of hydrogen-bond acceptors (Lipinski definition) is 7. The minimum Gasteiger partial charge on any atom is -0.491 e. The average molecular weight is 413 g/mol. The number of nitrogens with zero attached hydrogens (tertiary/aromatic N) is 2. The third-order valence-electron chi connectivity index (χ3n) is 6.41. The Morgan fingerprint density at radius 1 is 1.31 bits per heavy atom. The maximum Gasteiger partial charge on any atom is 0.268 e. The van der Waals surface area contributed by atoms with Crippen LogP contribution in [0.3, 0.4) is 0 Å². The highest BCUT2D eigenvalue weighted by Gasteiger charge is 2.63. The summed E-state index contributed by atoms with van der Waals surface area (Å²) in [6.07, 6.45) is 0.220. The smallest absolute Gasteiger partial charge is 0.268 e. The van der Waals surface area contributed by atoms with Crippen LogP contribution >= 0.6 is 11.3 Å². The summed E-state index contributed by atoms with van der Waals surface area (Å²) in [6, 6.07) is 7.30. The van der Waals surface area contributed by atoms with Crippen LogP contribution in [0.5, 0.6) is 5.75 Å². The van der Waals surface area contributed by atoms with Crippen molar-refractivity contribution in [3.63, 3.8) is 0 Å². The minimum atomic E-state index is -0.887. The second-order valence-corrected chi connectivity index (χ2v) is 9.81. The number of fused-ring (bicyclic) bond motifs is 3. The van der Waals surface area contributed by atoms with Crippen molar-refractivity contribution in [2.45, 2.75) is 39.2 Å². The third-order valence-corrected chi connectivity index (χ3v) is 7.56. The molecule has 5 rings (SSSR count). The Balaban J connectivity index is 1.36. The first kappa shape index (κ1) is 18.8. The quantitative estimate of drug-likeness (QED) is 0.640. The van der Waals surface area contributed by atoms with Crippen LogP contribution in [0.2, 0.25) is 0 Å². The van der Waals surface area contributed by atoms with E-state index in [0.717, 1.165) is 22.8 Å². The fourth-order valence-corrected chi connectivity index (χ4v) is 5.84. The average Bonchev–Trinajstić information content (AvgIpc) is 3.21. The Kier molecular flexibility index (Phi) is 4.31. The molecular weight excluding hydrogens is 388 g/mol. The van der Waals surface area contributed by atoms with E-state index in [1.165, 1.54) is 16.0 Å². The predicted molar refractivity (Wildman–Crippen MR) is 110 cm³/mol. The van der Waals surface area contributed by atoms with Gasteiger partial charge in [-0.25, -0.2) is 0 Å². The summed E-state index contributed by atoms with van der Waals surface area (Å²) in [7, 11) is 0. The van der Waals surface area contributed by atoms with E-state index in [1.54, 1.807) is 23.5 Å². The Morgan fingerprint density at radius 3 is 2.79 bits per heavy atom. The SMILES string of the molecule is Cc1sc(-c2nc(-c3ccc(OC[C@@H](O)CO)cc3)no2)c2c1[C@H]1[C@@H](C2)C1(C)C. The summed E-state index contributed by atoms with van der Waals surface area (Å²) in [5, 5.41) is 22.4. The molecule has 0 radical (unpaired) electrons. The van der Waals surface area contributed by atoms with Crippen LogP contribution in [-0.4, -0.2) is 39.7 Å². The van der Waals surface area contributed by atoms with E-state index >= 15 is 0 Å². The maximum atomic E-state index is 9.37. The lowest BCUT2D eigenvalue weighted by Crippen LogP contribution is -2.21. The number of aliphatic hydroxyl groups excluding tert-OH is 2. The molecule has 1 aromatic carbocycles. The van der Waals surface area contributed by atoms with Crippen molar-refractivity contribution in [2.24, 2.45) is 11.3 Å². The van der Waals surface area contributed by atoms with Gasteiger partial charge in [-0.3, -0.25) is 0 Å². The molecule has 1 fully saturated rings. The van der Waals surface area contributed by atoms with E-state index in [9.17, 15) is 5.11 Å². The van der Waals surface area contributed by atoms with Gasteiger partial charge in [-0.15, -0.1) is 11.3 Å². The van der Waals surface area contributed by atoms with E-state index in [0.29, 0.717) is 28.8 Å². The van der Waals surface area contributed by atoms with E-state index in [4.69, 9.17) is 14.4 Å². The number of benzene rings is 1. The third kappa shape index (κ3) is 2.99. The van der Waals surface area contributed by atoms with Crippen LogP contribution in [0, 0.1) is 18.3 Å². The van der Waals surface area contributed by atoms with Crippen LogP contribution in [0.4, 0.5) is 0 Å². The highest BCUT2D eigenvalue weighted by molar-refractivity contribution is 7.15. The summed E-state index contributed by atoms with van der Waals surface area (Å²) in [6.45, 7) is 6.65. The number of aryl methyl sites for hydroxylation is 1. The molecule has 0 bridgehead atoms. The van der Waals surface area contributed by atoms with Gasteiger partial charge < -0.3 is 19.5 Å². The van der Waals surface area contributed by atoms with Gasteiger partial charge in [0.25, 0.3) is 5.89 Å². The Morgan fingerprint density at radius 2 is 2.07 bits per heavy atom. The fourth-order valence-electron chi connectivity index (χ4n) is 4.68. The van der Waals surface area contributed by atoms with Gasteiger partial charge in [0, 0.05) is 10.4 Å².